The predicted octanol–water partition coefficient (Wildman–Crippen LogP) is 2.80. The van der Waals surface area contributed by atoms with Gasteiger partial charge in [-0.2, -0.15) is 0 Å². The van der Waals surface area contributed by atoms with Crippen molar-refractivity contribution in [3.05, 3.63) is 34.6 Å². The average Bonchev–Trinajstić information content (AvgIpc) is 2.34. The van der Waals surface area contributed by atoms with Gasteiger partial charge >= 0.3 is 0 Å². The summed E-state index contributed by atoms with van der Waals surface area (Å²) in [7, 11) is 0. The third-order valence-corrected chi connectivity index (χ3v) is 2.68. The van der Waals surface area contributed by atoms with Crippen molar-refractivity contribution in [1.82, 2.24) is 0 Å². The highest BCUT2D eigenvalue weighted by molar-refractivity contribution is 5.79. The molecule has 7 heteroatoms. The van der Waals surface area contributed by atoms with E-state index in [1.165, 1.54) is 0 Å². The van der Waals surface area contributed by atoms with E-state index >= 15 is 0 Å². The Bertz CT molecular complexity index is 486. The summed E-state index contributed by atoms with van der Waals surface area (Å²) in [5.74, 6) is -10.6. The summed E-state index contributed by atoms with van der Waals surface area (Å²) in [6, 6.07) is 0. The van der Waals surface area contributed by atoms with Gasteiger partial charge in [-0.1, -0.05) is 0 Å². The Kier molecular flexibility index (Phi) is 3.34. The number of ether oxygens (including phenoxy) is 1. The van der Waals surface area contributed by atoms with Crippen LogP contribution in [0.2, 0.25) is 0 Å². The summed E-state index contributed by atoms with van der Waals surface area (Å²) in [5.41, 5.74) is -1.08. The first-order chi connectivity index (χ1) is 8.43. The molecule has 0 amide bonds. The van der Waals surface area contributed by atoms with Gasteiger partial charge in [0.15, 0.2) is 23.3 Å². The van der Waals surface area contributed by atoms with Crippen molar-refractivity contribution in [3.63, 3.8) is 0 Å². The molecule has 1 saturated heterocycles. The van der Waals surface area contributed by atoms with E-state index in [2.05, 4.69) is 0 Å². The molecule has 2 rings (SSSR count). The van der Waals surface area contributed by atoms with Crippen LogP contribution in [0.3, 0.4) is 0 Å². The second-order valence-electron chi connectivity index (χ2n) is 3.84. The Hall–Kier alpha value is -1.50. The first-order valence-electron chi connectivity index (χ1n) is 5.08. The number of Topliss-reactive ketones (excluding diaryl/α,β-unsaturated/α-hetero) is 1. The molecule has 18 heavy (non-hydrogen) atoms. The number of hydrogen-bond donors (Lipinski definition) is 0. The second-order valence-corrected chi connectivity index (χ2v) is 3.84. The number of halogens is 5. The number of hydrogen-bond acceptors (Lipinski definition) is 2. The predicted molar refractivity (Wildman–Crippen MR) is 49.2 cm³/mol. The quantitative estimate of drug-likeness (QED) is 0.444. The molecular weight excluding hydrogens is 259 g/mol. The zero-order chi connectivity index (χ0) is 13.4. The van der Waals surface area contributed by atoms with Gasteiger partial charge in [-0.3, -0.25) is 4.79 Å². The van der Waals surface area contributed by atoms with Gasteiger partial charge in [0, 0.05) is 12.8 Å². The third kappa shape index (κ3) is 1.98. The van der Waals surface area contributed by atoms with Crippen molar-refractivity contribution in [2.75, 3.05) is 6.61 Å². The molecule has 98 valence electrons. The Balaban J connectivity index is 2.53. The maximum absolute atomic E-state index is 13.4. The lowest BCUT2D eigenvalue weighted by molar-refractivity contribution is -0.128. The standard InChI is InChI=1S/C11H7F5O2/c12-7-6(5-3-4(17)1-2-18-5)8(13)10(15)11(16)9(7)14/h5H,1-3H2. The molecule has 2 nitrogen and oxygen atoms in total. The fourth-order valence-corrected chi connectivity index (χ4v) is 1.77. The molecule has 1 heterocycles. The van der Waals surface area contributed by atoms with Crippen LogP contribution in [-0.4, -0.2) is 12.4 Å². The lowest BCUT2D eigenvalue weighted by Crippen LogP contribution is -2.22. The van der Waals surface area contributed by atoms with Crippen LogP contribution in [0.25, 0.3) is 0 Å². The van der Waals surface area contributed by atoms with Crippen LogP contribution in [0.5, 0.6) is 0 Å². The average molecular weight is 266 g/mol. The smallest absolute Gasteiger partial charge is 0.200 e. The number of ketones is 1. The van der Waals surface area contributed by atoms with Crippen molar-refractivity contribution in [3.8, 4) is 0 Å². The van der Waals surface area contributed by atoms with E-state index < -0.39 is 47.2 Å². The van der Waals surface area contributed by atoms with Gasteiger partial charge in [-0.25, -0.2) is 22.0 Å². The Morgan fingerprint density at radius 1 is 0.889 bits per heavy atom. The van der Waals surface area contributed by atoms with Gasteiger partial charge in [-0.05, 0) is 0 Å². The maximum atomic E-state index is 13.4. The van der Waals surface area contributed by atoms with Crippen LogP contribution < -0.4 is 0 Å². The van der Waals surface area contributed by atoms with E-state index in [0.29, 0.717) is 0 Å². The van der Waals surface area contributed by atoms with Crippen LogP contribution in [0.15, 0.2) is 0 Å². The van der Waals surface area contributed by atoms with Crippen molar-refractivity contribution >= 4 is 5.78 Å². The molecule has 1 aliphatic rings. The fraction of sp³-hybridized carbons (Fsp3) is 0.364. The third-order valence-electron chi connectivity index (χ3n) is 2.68. The molecule has 1 aliphatic heterocycles. The largest absolute Gasteiger partial charge is 0.372 e. The second kappa shape index (κ2) is 4.64. The molecule has 0 radical (unpaired) electrons. The number of carbonyl (C=O) groups is 1. The summed E-state index contributed by atoms with van der Waals surface area (Å²) >= 11 is 0. The lowest BCUT2D eigenvalue weighted by atomic mass is 9.99. The highest BCUT2D eigenvalue weighted by atomic mass is 19.2. The van der Waals surface area contributed by atoms with Crippen molar-refractivity contribution < 1.29 is 31.5 Å². The monoisotopic (exact) mass is 266 g/mol. The SMILES string of the molecule is O=C1CCOC(c2c(F)c(F)c(F)c(F)c2F)C1. The highest BCUT2D eigenvalue weighted by Crippen LogP contribution is 2.33. The maximum Gasteiger partial charge on any atom is 0.200 e. The highest BCUT2D eigenvalue weighted by Gasteiger charge is 2.33. The molecule has 1 fully saturated rings. The Labute approximate surface area is 98.4 Å². The normalized spacial score (nSPS) is 20.3. The first-order valence-corrected chi connectivity index (χ1v) is 5.08. The molecule has 0 aromatic heterocycles. The minimum Gasteiger partial charge on any atom is -0.372 e. The first kappa shape index (κ1) is 12.9. The fourth-order valence-electron chi connectivity index (χ4n) is 1.77. The van der Waals surface area contributed by atoms with E-state index in [1.54, 1.807) is 0 Å². The van der Waals surface area contributed by atoms with Crippen LogP contribution in [0, 0.1) is 29.1 Å². The zero-order valence-electron chi connectivity index (χ0n) is 8.90. The van der Waals surface area contributed by atoms with Crippen molar-refractivity contribution in [2.24, 2.45) is 0 Å². The van der Waals surface area contributed by atoms with E-state index in [-0.39, 0.29) is 18.8 Å². The molecule has 0 bridgehead atoms. The van der Waals surface area contributed by atoms with Crippen LogP contribution in [0.1, 0.15) is 24.5 Å². The van der Waals surface area contributed by atoms with E-state index in [1.807, 2.05) is 0 Å². The number of carbonyl (C=O) groups excluding carboxylic acids is 1. The number of rotatable bonds is 1. The molecular formula is C11H7F5O2. The minimum atomic E-state index is -2.23. The van der Waals surface area contributed by atoms with Gasteiger partial charge in [0.25, 0.3) is 0 Å². The lowest BCUT2D eigenvalue weighted by Gasteiger charge is -2.23. The van der Waals surface area contributed by atoms with Crippen LogP contribution in [-0.2, 0) is 9.53 Å². The van der Waals surface area contributed by atoms with Gasteiger partial charge in [-0.15, -0.1) is 0 Å². The summed E-state index contributed by atoms with van der Waals surface area (Å²) < 4.78 is 70.4. The molecule has 0 saturated carbocycles. The van der Waals surface area contributed by atoms with Gasteiger partial charge in [0.05, 0.1) is 18.3 Å². The van der Waals surface area contributed by atoms with Crippen LogP contribution in [0.4, 0.5) is 22.0 Å². The van der Waals surface area contributed by atoms with Gasteiger partial charge in [0.2, 0.25) is 5.82 Å². The van der Waals surface area contributed by atoms with E-state index in [4.69, 9.17) is 4.74 Å². The minimum absolute atomic E-state index is 0.0614. The Morgan fingerprint density at radius 2 is 1.39 bits per heavy atom. The summed E-state index contributed by atoms with van der Waals surface area (Å²) in [5, 5.41) is 0. The topological polar surface area (TPSA) is 26.3 Å². The van der Waals surface area contributed by atoms with E-state index in [9.17, 15) is 26.7 Å². The molecule has 1 aromatic carbocycles. The summed E-state index contributed by atoms with van der Waals surface area (Å²) in [4.78, 5) is 11.1. The zero-order valence-corrected chi connectivity index (χ0v) is 8.90. The molecule has 0 aliphatic carbocycles. The summed E-state index contributed by atoms with van der Waals surface area (Å²) in [6.07, 6.45) is -1.78. The molecule has 1 atom stereocenters. The van der Waals surface area contributed by atoms with Gasteiger partial charge < -0.3 is 4.74 Å². The van der Waals surface area contributed by atoms with Gasteiger partial charge in [0.1, 0.15) is 5.78 Å². The van der Waals surface area contributed by atoms with Crippen molar-refractivity contribution in [2.45, 2.75) is 18.9 Å². The Morgan fingerprint density at radius 3 is 1.89 bits per heavy atom. The molecule has 1 unspecified atom stereocenters. The van der Waals surface area contributed by atoms with Crippen molar-refractivity contribution in [1.29, 1.82) is 0 Å². The van der Waals surface area contributed by atoms with E-state index in [0.717, 1.165) is 0 Å². The molecule has 1 aromatic rings. The molecule has 0 spiro atoms. The summed E-state index contributed by atoms with van der Waals surface area (Å²) in [6.45, 7) is -0.108. The molecule has 0 N–H and O–H groups in total. The number of benzene rings is 1. The van der Waals surface area contributed by atoms with Crippen LogP contribution >= 0.6 is 0 Å².